The van der Waals surface area contributed by atoms with Gasteiger partial charge in [0.1, 0.15) is 5.82 Å². The van der Waals surface area contributed by atoms with E-state index in [4.69, 9.17) is 19.6 Å². The molecule has 3 atom stereocenters. The number of nitriles is 1. The highest BCUT2D eigenvalue weighted by atomic mass is 28.4. The first-order valence-electron chi connectivity index (χ1n) is 10.9. The van der Waals surface area contributed by atoms with Crippen LogP contribution >= 0.6 is 0 Å². The van der Waals surface area contributed by atoms with Crippen LogP contribution in [0.5, 0.6) is 0 Å². The summed E-state index contributed by atoms with van der Waals surface area (Å²) >= 11 is 0. The zero-order valence-electron chi connectivity index (χ0n) is 18.8. The first kappa shape index (κ1) is 24.5. The Labute approximate surface area is 180 Å². The van der Waals surface area contributed by atoms with Gasteiger partial charge >= 0.3 is 5.69 Å². The van der Waals surface area contributed by atoms with Crippen LogP contribution in [0.4, 0.5) is 5.82 Å². The van der Waals surface area contributed by atoms with Gasteiger partial charge in [-0.25, -0.2) is 4.79 Å². The fourth-order valence-electron chi connectivity index (χ4n) is 4.34. The Hall–Kier alpha value is -1.73. The summed E-state index contributed by atoms with van der Waals surface area (Å²) in [6.07, 6.45) is 2.14. The van der Waals surface area contributed by atoms with E-state index in [0.29, 0.717) is 24.1 Å². The van der Waals surface area contributed by atoms with E-state index < -0.39 is 26.2 Å². The molecule has 0 spiro atoms. The Bertz CT molecular complexity index is 769. The number of aromatic nitrogens is 2. The minimum atomic E-state index is -2.06. The largest absolute Gasteiger partial charge is 0.414 e. The number of rotatable bonds is 11. The minimum absolute atomic E-state index is 0.152. The van der Waals surface area contributed by atoms with Gasteiger partial charge in [0.05, 0.1) is 24.7 Å². The van der Waals surface area contributed by atoms with Gasteiger partial charge in [0.2, 0.25) is 0 Å². The van der Waals surface area contributed by atoms with Crippen molar-refractivity contribution in [2.45, 2.75) is 76.9 Å². The second-order valence-electron chi connectivity index (χ2n) is 8.54. The molecule has 2 heterocycles. The van der Waals surface area contributed by atoms with Gasteiger partial charge in [0.15, 0.2) is 14.5 Å². The summed E-state index contributed by atoms with van der Waals surface area (Å²) in [6.45, 7) is 12.9. The van der Waals surface area contributed by atoms with Crippen molar-refractivity contribution in [2.75, 3.05) is 25.6 Å². The monoisotopic (exact) mass is 436 g/mol. The highest BCUT2D eigenvalue weighted by Crippen LogP contribution is 2.40. The Morgan fingerprint density at radius 3 is 2.67 bits per heavy atom. The topological polar surface area (TPSA) is 112 Å². The van der Waals surface area contributed by atoms with Crippen LogP contribution in [-0.2, 0) is 13.9 Å². The van der Waals surface area contributed by atoms with Gasteiger partial charge < -0.3 is 19.6 Å². The maximum atomic E-state index is 12.2. The molecule has 8 nitrogen and oxygen atoms in total. The van der Waals surface area contributed by atoms with Gasteiger partial charge in [0.25, 0.3) is 0 Å². The lowest BCUT2D eigenvalue weighted by Crippen LogP contribution is -2.46. The molecule has 0 unspecified atom stereocenters. The summed E-state index contributed by atoms with van der Waals surface area (Å²) in [7, 11) is -2.06. The summed E-state index contributed by atoms with van der Waals surface area (Å²) in [5.74, 6) is -0.284. The van der Waals surface area contributed by atoms with Crippen molar-refractivity contribution in [3.8, 4) is 6.07 Å². The van der Waals surface area contributed by atoms with E-state index in [-0.39, 0.29) is 11.9 Å². The molecule has 1 aromatic rings. The number of hydrogen-bond donors (Lipinski definition) is 1. The van der Waals surface area contributed by atoms with Crippen LogP contribution in [0.3, 0.4) is 0 Å². The highest BCUT2D eigenvalue weighted by molar-refractivity contribution is 6.76. The zero-order valence-corrected chi connectivity index (χ0v) is 19.8. The second kappa shape index (κ2) is 11.0. The molecule has 2 rings (SSSR count). The summed E-state index contributed by atoms with van der Waals surface area (Å²) in [5, 5.41) is 9.60. The molecule has 30 heavy (non-hydrogen) atoms. The van der Waals surface area contributed by atoms with Crippen molar-refractivity contribution < 1.29 is 13.9 Å². The Morgan fingerprint density at radius 2 is 2.10 bits per heavy atom. The third-order valence-corrected chi connectivity index (χ3v) is 11.8. The Morgan fingerprint density at radius 1 is 1.40 bits per heavy atom. The predicted octanol–water partition coefficient (Wildman–Crippen LogP) is 3.46. The maximum absolute atomic E-state index is 12.2. The molecule has 0 amide bonds. The lowest BCUT2D eigenvalue weighted by Gasteiger charge is -2.39. The van der Waals surface area contributed by atoms with Crippen molar-refractivity contribution in [1.29, 1.82) is 5.26 Å². The summed E-state index contributed by atoms with van der Waals surface area (Å²) in [4.78, 5) is 16.0. The number of nitrogen functional groups attached to an aromatic ring is 1. The lowest BCUT2D eigenvalue weighted by molar-refractivity contribution is -0.0285. The van der Waals surface area contributed by atoms with Crippen molar-refractivity contribution in [3.05, 3.63) is 22.7 Å². The van der Waals surface area contributed by atoms with E-state index in [0.717, 1.165) is 25.7 Å². The van der Waals surface area contributed by atoms with Crippen LogP contribution in [0.25, 0.3) is 0 Å². The zero-order chi connectivity index (χ0) is 22.3. The summed E-state index contributed by atoms with van der Waals surface area (Å²) < 4.78 is 19.7. The van der Waals surface area contributed by atoms with Gasteiger partial charge in [-0.15, -0.1) is 0 Å². The van der Waals surface area contributed by atoms with E-state index in [1.54, 1.807) is 0 Å². The van der Waals surface area contributed by atoms with Gasteiger partial charge in [-0.2, -0.15) is 10.2 Å². The van der Waals surface area contributed by atoms with Crippen LogP contribution < -0.4 is 11.4 Å². The van der Waals surface area contributed by atoms with Crippen LogP contribution in [0.2, 0.25) is 17.1 Å². The van der Waals surface area contributed by atoms with Crippen LogP contribution in [0.15, 0.2) is 17.1 Å². The molecule has 0 bridgehead atoms. The van der Waals surface area contributed by atoms with Crippen molar-refractivity contribution >= 4 is 14.1 Å². The molecule has 1 fully saturated rings. The second-order valence-corrected chi connectivity index (χ2v) is 13.5. The van der Waals surface area contributed by atoms with E-state index in [9.17, 15) is 10.1 Å². The minimum Gasteiger partial charge on any atom is -0.414 e. The lowest BCUT2D eigenvalue weighted by atomic mass is 10.1. The molecule has 1 aromatic heterocycles. The molecular weight excluding hydrogens is 400 g/mol. The summed E-state index contributed by atoms with van der Waals surface area (Å²) in [6, 6.07) is 4.84. The Balaban J connectivity index is 2.10. The van der Waals surface area contributed by atoms with Gasteiger partial charge in [0, 0.05) is 19.4 Å². The maximum Gasteiger partial charge on any atom is 0.351 e. The number of nitrogens with two attached hydrogens (primary N) is 1. The average molecular weight is 437 g/mol. The van der Waals surface area contributed by atoms with Crippen LogP contribution in [-0.4, -0.2) is 43.8 Å². The van der Waals surface area contributed by atoms with Gasteiger partial charge in [-0.3, -0.25) is 4.57 Å². The van der Waals surface area contributed by atoms with E-state index in [1.165, 1.54) is 16.8 Å². The van der Waals surface area contributed by atoms with E-state index >= 15 is 0 Å². The SMILES string of the molecule is CCOCCC[Si](OC[C@@H]1C[C@H](C#N)[C@H](n2ccc(N)nc2=O)O1)(C(C)C)C(C)C. The molecule has 168 valence electrons. The molecule has 1 aliphatic heterocycles. The number of nitrogens with zero attached hydrogens (tertiary/aromatic N) is 3. The molecule has 0 aromatic carbocycles. The smallest absolute Gasteiger partial charge is 0.351 e. The van der Waals surface area contributed by atoms with Crippen molar-refractivity contribution in [1.82, 2.24) is 9.55 Å². The molecule has 0 radical (unpaired) electrons. The van der Waals surface area contributed by atoms with Crippen LogP contribution in [0, 0.1) is 17.2 Å². The molecule has 0 saturated carbocycles. The first-order chi connectivity index (χ1) is 14.2. The number of anilines is 1. The average Bonchev–Trinajstić information content (AvgIpc) is 3.10. The van der Waals surface area contributed by atoms with Crippen LogP contribution in [0.1, 0.15) is 53.7 Å². The highest BCUT2D eigenvalue weighted by Gasteiger charge is 2.44. The van der Waals surface area contributed by atoms with Gasteiger partial charge in [-0.05, 0) is 43.0 Å². The van der Waals surface area contributed by atoms with Crippen molar-refractivity contribution in [2.24, 2.45) is 5.92 Å². The fourth-order valence-corrected chi connectivity index (χ4v) is 8.83. The molecule has 1 saturated heterocycles. The third-order valence-electron chi connectivity index (χ3n) is 6.04. The molecule has 1 aliphatic rings. The number of hydrogen-bond acceptors (Lipinski definition) is 7. The standard InChI is InChI=1S/C21H36N4O4Si/c1-6-27-10-7-11-30(15(2)3,16(4)5)28-14-18-12-17(13-22)20(29-18)25-9-8-19(23)24-21(25)26/h8-9,15-18,20H,6-7,10-12,14H2,1-5H3,(H2,23,24,26)/t17-,18+,20-/m1/s1. The molecule has 9 heteroatoms. The molecule has 2 N–H and O–H groups in total. The normalized spacial score (nSPS) is 22.0. The first-order valence-corrected chi connectivity index (χ1v) is 13.1. The van der Waals surface area contributed by atoms with Gasteiger partial charge in [-0.1, -0.05) is 27.7 Å². The fraction of sp³-hybridized carbons (Fsp3) is 0.762. The Kier molecular flexibility index (Phi) is 9.03. The van der Waals surface area contributed by atoms with E-state index in [1.807, 2.05) is 6.92 Å². The third kappa shape index (κ3) is 5.69. The summed E-state index contributed by atoms with van der Waals surface area (Å²) in [5.41, 5.74) is 5.97. The predicted molar refractivity (Wildman–Crippen MR) is 118 cm³/mol. The quantitative estimate of drug-likeness (QED) is 0.417. The molecule has 0 aliphatic carbocycles. The van der Waals surface area contributed by atoms with E-state index in [2.05, 4.69) is 38.7 Å². The molecular formula is C21H36N4O4Si. The number of ether oxygens (including phenoxy) is 2. The van der Waals surface area contributed by atoms with Crippen molar-refractivity contribution in [3.63, 3.8) is 0 Å².